The number of likely N-dealkylation sites (tertiary alicyclic amines) is 1. The number of carbonyl (C=O) groups excluding carboxylic acids is 1. The molecule has 0 N–H and O–H groups in total. The molecule has 6 nitrogen and oxygen atoms in total. The van der Waals surface area contributed by atoms with Gasteiger partial charge in [-0.2, -0.15) is 4.31 Å². The number of hydrogen-bond acceptors (Lipinski definition) is 3. The van der Waals surface area contributed by atoms with Crippen LogP contribution in [-0.2, 0) is 17.1 Å². The van der Waals surface area contributed by atoms with Crippen LogP contribution in [0.25, 0.3) is 0 Å². The highest BCUT2D eigenvalue weighted by Gasteiger charge is 2.33. The number of piperidine rings is 2. The lowest BCUT2D eigenvalue weighted by Gasteiger charge is -2.29. The Morgan fingerprint density at radius 1 is 1.08 bits per heavy atom. The normalized spacial score (nSPS) is 20.8. The first-order valence-corrected chi connectivity index (χ1v) is 10.7. The Morgan fingerprint density at radius 3 is 2.28 bits per heavy atom. The molecule has 2 aliphatic rings. The van der Waals surface area contributed by atoms with Gasteiger partial charge in [0.25, 0.3) is 5.91 Å². The third kappa shape index (κ3) is 3.49. The summed E-state index contributed by atoms with van der Waals surface area (Å²) in [6, 6.07) is 1.58. The lowest BCUT2D eigenvalue weighted by Crippen LogP contribution is -2.38. The monoisotopic (exact) mass is 367 g/mol. The van der Waals surface area contributed by atoms with Gasteiger partial charge in [0, 0.05) is 38.9 Å². The van der Waals surface area contributed by atoms with E-state index in [0.29, 0.717) is 30.4 Å². The minimum absolute atomic E-state index is 0.0565. The lowest BCUT2D eigenvalue weighted by molar-refractivity contribution is 0.0714. The zero-order valence-electron chi connectivity index (χ0n) is 15.5. The highest BCUT2D eigenvalue weighted by atomic mass is 32.2. The lowest BCUT2D eigenvalue weighted by atomic mass is 10.0. The van der Waals surface area contributed by atoms with E-state index in [0.717, 1.165) is 45.2 Å². The summed E-state index contributed by atoms with van der Waals surface area (Å²) in [4.78, 5) is 15.0. The molecule has 0 bridgehead atoms. The van der Waals surface area contributed by atoms with Crippen LogP contribution in [0.3, 0.4) is 0 Å². The molecule has 7 heteroatoms. The van der Waals surface area contributed by atoms with Crippen molar-refractivity contribution in [3.05, 3.63) is 17.5 Å². The van der Waals surface area contributed by atoms with E-state index >= 15 is 0 Å². The molecule has 2 saturated heterocycles. The molecule has 2 aliphatic heterocycles. The van der Waals surface area contributed by atoms with Gasteiger partial charge < -0.3 is 9.47 Å². The smallest absolute Gasteiger partial charge is 0.270 e. The van der Waals surface area contributed by atoms with E-state index in [9.17, 15) is 13.2 Å². The second-order valence-corrected chi connectivity index (χ2v) is 9.38. The summed E-state index contributed by atoms with van der Waals surface area (Å²) in [5, 5.41) is 0. The molecule has 3 rings (SSSR count). The summed E-state index contributed by atoms with van der Waals surface area (Å²) in [5.74, 6) is 0.513. The SMILES string of the molecule is Cc1c(S(=O)(=O)N2CCC(C)CC2)cc(C(=O)N2CCCCC2)n1C. The minimum Gasteiger partial charge on any atom is -0.343 e. The molecule has 0 atom stereocenters. The van der Waals surface area contributed by atoms with E-state index in [1.54, 1.807) is 28.9 Å². The molecule has 25 heavy (non-hydrogen) atoms. The fourth-order valence-electron chi connectivity index (χ4n) is 3.76. The Morgan fingerprint density at radius 2 is 1.68 bits per heavy atom. The predicted molar refractivity (Wildman–Crippen MR) is 97.1 cm³/mol. The van der Waals surface area contributed by atoms with Crippen LogP contribution in [0.2, 0.25) is 0 Å². The first-order valence-electron chi connectivity index (χ1n) is 9.28. The molecule has 0 unspecified atom stereocenters. The highest BCUT2D eigenvalue weighted by molar-refractivity contribution is 7.89. The molecular formula is C18H29N3O3S. The van der Waals surface area contributed by atoms with Gasteiger partial charge in [0.05, 0.1) is 0 Å². The Balaban J connectivity index is 1.89. The molecule has 1 aromatic heterocycles. The summed E-state index contributed by atoms with van der Waals surface area (Å²) in [6.07, 6.45) is 4.98. The van der Waals surface area contributed by atoms with Gasteiger partial charge in [-0.1, -0.05) is 6.92 Å². The van der Waals surface area contributed by atoms with E-state index in [1.165, 1.54) is 0 Å². The van der Waals surface area contributed by atoms with Crippen molar-refractivity contribution in [3.8, 4) is 0 Å². The Bertz CT molecular complexity index is 740. The van der Waals surface area contributed by atoms with Gasteiger partial charge >= 0.3 is 0 Å². The first-order chi connectivity index (χ1) is 11.8. The zero-order chi connectivity index (χ0) is 18.2. The highest BCUT2D eigenvalue weighted by Crippen LogP contribution is 2.28. The van der Waals surface area contributed by atoms with Crippen molar-refractivity contribution in [1.82, 2.24) is 13.8 Å². The third-order valence-electron chi connectivity index (χ3n) is 5.71. The van der Waals surface area contributed by atoms with Crippen LogP contribution < -0.4 is 0 Å². The van der Waals surface area contributed by atoms with Crippen molar-refractivity contribution in [2.75, 3.05) is 26.2 Å². The van der Waals surface area contributed by atoms with Gasteiger partial charge in [-0.15, -0.1) is 0 Å². The quantitative estimate of drug-likeness (QED) is 0.824. The van der Waals surface area contributed by atoms with Gasteiger partial charge in [-0.3, -0.25) is 4.79 Å². The summed E-state index contributed by atoms with van der Waals surface area (Å²) >= 11 is 0. The first kappa shape index (κ1) is 18.5. The van der Waals surface area contributed by atoms with E-state index in [-0.39, 0.29) is 10.8 Å². The van der Waals surface area contributed by atoms with Crippen LogP contribution in [0.1, 0.15) is 55.2 Å². The van der Waals surface area contributed by atoms with Crippen molar-refractivity contribution in [1.29, 1.82) is 0 Å². The molecule has 0 saturated carbocycles. The Hall–Kier alpha value is -1.34. The fraction of sp³-hybridized carbons (Fsp3) is 0.722. The summed E-state index contributed by atoms with van der Waals surface area (Å²) in [7, 11) is -1.76. The number of carbonyl (C=O) groups is 1. The van der Waals surface area contributed by atoms with Crippen molar-refractivity contribution >= 4 is 15.9 Å². The maximum atomic E-state index is 13.1. The third-order valence-corrected chi connectivity index (χ3v) is 7.73. The van der Waals surface area contributed by atoms with E-state index in [4.69, 9.17) is 0 Å². The van der Waals surface area contributed by atoms with E-state index < -0.39 is 10.0 Å². The average Bonchev–Trinajstić information content (AvgIpc) is 2.91. The molecule has 0 spiro atoms. The fourth-order valence-corrected chi connectivity index (χ4v) is 5.50. The number of hydrogen-bond donors (Lipinski definition) is 0. The minimum atomic E-state index is -3.54. The standard InChI is InChI=1S/C18H29N3O3S/c1-14-7-11-21(12-8-14)25(23,24)17-13-16(19(3)15(17)2)18(22)20-9-5-4-6-10-20/h13-14H,4-12H2,1-3H3. The number of aromatic nitrogens is 1. The number of amides is 1. The van der Waals surface area contributed by atoms with Crippen LogP contribution in [0.5, 0.6) is 0 Å². The molecule has 0 aliphatic carbocycles. The molecule has 2 fully saturated rings. The summed E-state index contributed by atoms with van der Waals surface area (Å²) in [5.41, 5.74) is 1.11. The van der Waals surface area contributed by atoms with Crippen LogP contribution in [-0.4, -0.2) is 54.3 Å². The van der Waals surface area contributed by atoms with E-state index in [1.807, 2.05) is 4.90 Å². The molecule has 3 heterocycles. The summed E-state index contributed by atoms with van der Waals surface area (Å²) in [6.45, 7) is 6.59. The molecule has 0 aromatic carbocycles. The van der Waals surface area contributed by atoms with Crippen LogP contribution >= 0.6 is 0 Å². The topological polar surface area (TPSA) is 62.6 Å². The van der Waals surface area contributed by atoms with Crippen molar-refractivity contribution < 1.29 is 13.2 Å². The Kier molecular flexibility index (Phi) is 5.25. The molecule has 1 aromatic rings. The second kappa shape index (κ2) is 7.11. The maximum Gasteiger partial charge on any atom is 0.270 e. The molecule has 0 radical (unpaired) electrons. The maximum absolute atomic E-state index is 13.1. The summed E-state index contributed by atoms with van der Waals surface area (Å²) < 4.78 is 29.4. The van der Waals surface area contributed by atoms with Gasteiger partial charge in [0.15, 0.2) is 0 Å². The van der Waals surface area contributed by atoms with Crippen LogP contribution in [0.15, 0.2) is 11.0 Å². The average molecular weight is 368 g/mol. The Labute approximate surface area is 150 Å². The van der Waals surface area contributed by atoms with Crippen molar-refractivity contribution in [2.24, 2.45) is 13.0 Å². The largest absolute Gasteiger partial charge is 0.343 e. The van der Waals surface area contributed by atoms with Crippen molar-refractivity contribution in [3.63, 3.8) is 0 Å². The van der Waals surface area contributed by atoms with E-state index in [2.05, 4.69) is 6.92 Å². The second-order valence-electron chi connectivity index (χ2n) is 7.48. The van der Waals surface area contributed by atoms with Crippen LogP contribution in [0.4, 0.5) is 0 Å². The number of nitrogens with zero attached hydrogens (tertiary/aromatic N) is 3. The number of sulfonamides is 1. The van der Waals surface area contributed by atoms with Gasteiger partial charge in [0.2, 0.25) is 10.0 Å². The molecular weight excluding hydrogens is 338 g/mol. The van der Waals surface area contributed by atoms with Gasteiger partial charge in [-0.05, 0) is 51.0 Å². The van der Waals surface area contributed by atoms with Crippen molar-refractivity contribution in [2.45, 2.75) is 50.8 Å². The van der Waals surface area contributed by atoms with Gasteiger partial charge in [-0.25, -0.2) is 8.42 Å². The van der Waals surface area contributed by atoms with Crippen LogP contribution in [0, 0.1) is 12.8 Å². The zero-order valence-corrected chi connectivity index (χ0v) is 16.3. The molecule has 1 amide bonds. The molecule has 140 valence electrons. The number of rotatable bonds is 3. The predicted octanol–water partition coefficient (Wildman–Crippen LogP) is 2.38. The van der Waals surface area contributed by atoms with Gasteiger partial charge in [0.1, 0.15) is 10.6 Å².